The Kier molecular flexibility index (Phi) is 3.31. The molecule has 1 unspecified atom stereocenters. The van der Waals surface area contributed by atoms with Crippen molar-refractivity contribution in [2.75, 3.05) is 13.1 Å². The monoisotopic (exact) mass is 259 g/mol. The molecule has 1 aliphatic heterocycles. The largest absolute Gasteiger partial charge is 0.375 e. The van der Waals surface area contributed by atoms with E-state index in [0.717, 1.165) is 44.3 Å². The summed E-state index contributed by atoms with van der Waals surface area (Å²) >= 11 is 0. The SMILES string of the molecule is O=C(N1CCCCC1)C(O)(c1ccccc1)C1CC1. The third-order valence-electron chi connectivity index (χ3n) is 4.35. The Morgan fingerprint density at radius 1 is 1.11 bits per heavy atom. The fourth-order valence-corrected chi connectivity index (χ4v) is 3.07. The van der Waals surface area contributed by atoms with Gasteiger partial charge in [0.25, 0.3) is 5.91 Å². The third-order valence-corrected chi connectivity index (χ3v) is 4.35. The quantitative estimate of drug-likeness (QED) is 0.905. The maximum atomic E-state index is 12.8. The summed E-state index contributed by atoms with van der Waals surface area (Å²) in [5, 5.41) is 11.1. The van der Waals surface area contributed by atoms with E-state index < -0.39 is 5.60 Å². The van der Waals surface area contributed by atoms with Crippen molar-refractivity contribution in [1.82, 2.24) is 4.90 Å². The number of rotatable bonds is 3. The Balaban J connectivity index is 1.89. The number of hydrogen-bond acceptors (Lipinski definition) is 2. The Hall–Kier alpha value is -1.35. The minimum absolute atomic E-state index is 0.0825. The van der Waals surface area contributed by atoms with Crippen molar-refractivity contribution in [3.05, 3.63) is 35.9 Å². The highest BCUT2D eigenvalue weighted by atomic mass is 16.3. The van der Waals surface area contributed by atoms with Crippen LogP contribution < -0.4 is 0 Å². The van der Waals surface area contributed by atoms with Crippen LogP contribution in [0.1, 0.15) is 37.7 Å². The Labute approximate surface area is 114 Å². The molecule has 2 fully saturated rings. The van der Waals surface area contributed by atoms with E-state index in [1.807, 2.05) is 35.2 Å². The van der Waals surface area contributed by atoms with Gasteiger partial charge in [-0.05, 0) is 37.7 Å². The van der Waals surface area contributed by atoms with Gasteiger partial charge in [0.05, 0.1) is 0 Å². The average Bonchev–Trinajstić information content (AvgIpc) is 3.32. The predicted octanol–water partition coefficient (Wildman–Crippen LogP) is 2.30. The summed E-state index contributed by atoms with van der Waals surface area (Å²) in [4.78, 5) is 14.6. The van der Waals surface area contributed by atoms with Crippen LogP contribution in [0.4, 0.5) is 0 Å². The van der Waals surface area contributed by atoms with Gasteiger partial charge in [0, 0.05) is 19.0 Å². The van der Waals surface area contributed by atoms with Crippen LogP contribution in [0, 0.1) is 5.92 Å². The van der Waals surface area contributed by atoms with E-state index in [2.05, 4.69) is 0 Å². The van der Waals surface area contributed by atoms with Crippen LogP contribution in [0.3, 0.4) is 0 Å². The van der Waals surface area contributed by atoms with E-state index in [0.29, 0.717) is 0 Å². The zero-order valence-electron chi connectivity index (χ0n) is 11.2. The summed E-state index contributed by atoms with van der Waals surface area (Å²) in [6.07, 6.45) is 5.20. The van der Waals surface area contributed by atoms with Gasteiger partial charge in [0.15, 0.2) is 5.60 Å². The lowest BCUT2D eigenvalue weighted by Gasteiger charge is -2.36. The lowest BCUT2D eigenvalue weighted by molar-refractivity contribution is -0.156. The van der Waals surface area contributed by atoms with Crippen molar-refractivity contribution in [2.24, 2.45) is 5.92 Å². The zero-order valence-corrected chi connectivity index (χ0v) is 11.2. The molecule has 3 nitrogen and oxygen atoms in total. The van der Waals surface area contributed by atoms with Gasteiger partial charge in [0.2, 0.25) is 0 Å². The summed E-state index contributed by atoms with van der Waals surface area (Å²) in [5.41, 5.74) is -0.536. The number of hydrogen-bond donors (Lipinski definition) is 1. The Bertz CT molecular complexity index is 449. The number of piperidine rings is 1. The molecule has 102 valence electrons. The normalized spacial score (nSPS) is 22.9. The van der Waals surface area contributed by atoms with Gasteiger partial charge in [-0.2, -0.15) is 0 Å². The van der Waals surface area contributed by atoms with Crippen molar-refractivity contribution in [2.45, 2.75) is 37.7 Å². The van der Waals surface area contributed by atoms with Crippen LogP contribution >= 0.6 is 0 Å². The Morgan fingerprint density at radius 3 is 2.32 bits per heavy atom. The molecule has 3 rings (SSSR count). The molecule has 0 bridgehead atoms. The standard InChI is InChI=1S/C16H21NO2/c18-15(17-11-5-2-6-12-17)16(19,14-9-10-14)13-7-3-1-4-8-13/h1,3-4,7-8,14,19H,2,5-6,9-12H2. The number of nitrogens with zero attached hydrogens (tertiary/aromatic N) is 1. The fourth-order valence-electron chi connectivity index (χ4n) is 3.07. The molecule has 1 saturated carbocycles. The van der Waals surface area contributed by atoms with Gasteiger partial charge >= 0.3 is 0 Å². The number of carbonyl (C=O) groups excluding carboxylic acids is 1. The van der Waals surface area contributed by atoms with E-state index in [1.165, 1.54) is 6.42 Å². The lowest BCUT2D eigenvalue weighted by atomic mass is 9.86. The summed E-state index contributed by atoms with van der Waals surface area (Å²) in [7, 11) is 0. The van der Waals surface area contributed by atoms with E-state index in [1.54, 1.807) is 0 Å². The number of aliphatic hydroxyl groups is 1. The van der Waals surface area contributed by atoms with Gasteiger partial charge < -0.3 is 10.0 Å². The van der Waals surface area contributed by atoms with Crippen LogP contribution in [-0.4, -0.2) is 29.0 Å². The van der Waals surface area contributed by atoms with Crippen molar-refractivity contribution in [3.8, 4) is 0 Å². The van der Waals surface area contributed by atoms with Gasteiger partial charge in [-0.3, -0.25) is 4.79 Å². The molecular weight excluding hydrogens is 238 g/mol. The highest BCUT2D eigenvalue weighted by Gasteiger charge is 2.52. The molecule has 2 aliphatic rings. The third kappa shape index (κ3) is 2.27. The second kappa shape index (κ2) is 4.97. The fraction of sp³-hybridized carbons (Fsp3) is 0.562. The molecule has 1 amide bonds. The predicted molar refractivity (Wildman–Crippen MR) is 73.5 cm³/mol. The summed E-state index contributed by atoms with van der Waals surface area (Å²) in [6, 6.07) is 9.46. The second-order valence-corrected chi connectivity index (χ2v) is 5.76. The summed E-state index contributed by atoms with van der Waals surface area (Å²) < 4.78 is 0. The maximum absolute atomic E-state index is 12.8. The van der Waals surface area contributed by atoms with E-state index >= 15 is 0 Å². The number of carbonyl (C=O) groups is 1. The first kappa shape index (κ1) is 12.7. The van der Waals surface area contributed by atoms with E-state index in [4.69, 9.17) is 0 Å². The molecule has 0 aromatic heterocycles. The first-order valence-corrected chi connectivity index (χ1v) is 7.30. The van der Waals surface area contributed by atoms with Gasteiger partial charge in [-0.15, -0.1) is 0 Å². The first-order chi connectivity index (χ1) is 9.23. The first-order valence-electron chi connectivity index (χ1n) is 7.30. The second-order valence-electron chi connectivity index (χ2n) is 5.76. The van der Waals surface area contributed by atoms with Crippen molar-refractivity contribution in [3.63, 3.8) is 0 Å². The molecule has 0 radical (unpaired) electrons. The van der Waals surface area contributed by atoms with E-state index in [-0.39, 0.29) is 11.8 Å². The van der Waals surface area contributed by atoms with Gasteiger partial charge in [0.1, 0.15) is 0 Å². The summed E-state index contributed by atoms with van der Waals surface area (Å²) in [6.45, 7) is 1.58. The van der Waals surface area contributed by atoms with Crippen LogP contribution in [0.2, 0.25) is 0 Å². The summed E-state index contributed by atoms with van der Waals surface area (Å²) in [5.74, 6) is 0.0187. The highest BCUT2D eigenvalue weighted by molar-refractivity contribution is 5.87. The molecule has 0 spiro atoms. The molecule has 1 N–H and O–H groups in total. The smallest absolute Gasteiger partial charge is 0.259 e. The molecule has 1 atom stereocenters. The number of benzene rings is 1. The lowest BCUT2D eigenvalue weighted by Crippen LogP contribution is -2.50. The molecule has 3 heteroatoms. The van der Waals surface area contributed by atoms with Crippen LogP contribution in [0.15, 0.2) is 30.3 Å². The molecule has 1 saturated heterocycles. The van der Waals surface area contributed by atoms with Gasteiger partial charge in [-0.25, -0.2) is 0 Å². The number of amides is 1. The van der Waals surface area contributed by atoms with Gasteiger partial charge in [-0.1, -0.05) is 30.3 Å². The highest BCUT2D eigenvalue weighted by Crippen LogP contribution is 2.47. The molecule has 1 aliphatic carbocycles. The van der Waals surface area contributed by atoms with Crippen molar-refractivity contribution < 1.29 is 9.90 Å². The van der Waals surface area contributed by atoms with Crippen molar-refractivity contribution in [1.29, 1.82) is 0 Å². The maximum Gasteiger partial charge on any atom is 0.259 e. The minimum Gasteiger partial charge on any atom is -0.375 e. The minimum atomic E-state index is -1.29. The van der Waals surface area contributed by atoms with Crippen LogP contribution in [0.25, 0.3) is 0 Å². The molecule has 19 heavy (non-hydrogen) atoms. The molecule has 1 aromatic rings. The average molecular weight is 259 g/mol. The molecule has 1 aromatic carbocycles. The van der Waals surface area contributed by atoms with Crippen molar-refractivity contribution >= 4 is 5.91 Å². The zero-order chi connectivity index (χ0) is 13.3. The van der Waals surface area contributed by atoms with E-state index in [9.17, 15) is 9.90 Å². The molecule has 1 heterocycles. The topological polar surface area (TPSA) is 40.5 Å². The molecular formula is C16H21NO2. The Morgan fingerprint density at radius 2 is 1.74 bits per heavy atom. The van der Waals surface area contributed by atoms with Crippen LogP contribution in [-0.2, 0) is 10.4 Å². The number of likely N-dealkylation sites (tertiary alicyclic amines) is 1. The van der Waals surface area contributed by atoms with Crippen LogP contribution in [0.5, 0.6) is 0 Å².